The molecule has 11 fully saturated rings. The van der Waals surface area contributed by atoms with Crippen molar-refractivity contribution in [3.8, 4) is 17.2 Å². The van der Waals surface area contributed by atoms with E-state index < -0.39 is 84.6 Å². The van der Waals surface area contributed by atoms with Gasteiger partial charge in [0.1, 0.15) is 51.7 Å². The largest absolute Gasteiger partial charge is 0.497 e. The van der Waals surface area contributed by atoms with Gasteiger partial charge in [0.2, 0.25) is 50.1 Å². The first kappa shape index (κ1) is 89.3. The van der Waals surface area contributed by atoms with Gasteiger partial charge in [0.05, 0.1) is 78.8 Å². The Morgan fingerprint density at radius 3 is 0.897 bits per heavy atom. The van der Waals surface area contributed by atoms with E-state index in [1.807, 2.05) is 20.2 Å². The van der Waals surface area contributed by atoms with Crippen molar-refractivity contribution in [1.29, 1.82) is 0 Å². The van der Waals surface area contributed by atoms with E-state index in [9.17, 15) is 51.3 Å². The molecule has 10 saturated heterocycles. The van der Waals surface area contributed by atoms with Crippen molar-refractivity contribution in [2.24, 2.45) is 5.92 Å². The highest BCUT2D eigenvalue weighted by Gasteiger charge is 2.56. The lowest BCUT2D eigenvalue weighted by Crippen LogP contribution is -2.55. The summed E-state index contributed by atoms with van der Waals surface area (Å²) in [7, 11) is -9.24. The van der Waals surface area contributed by atoms with Crippen molar-refractivity contribution in [2.75, 3.05) is 186 Å². The maximum atomic E-state index is 13.1. The van der Waals surface area contributed by atoms with Crippen LogP contribution in [-0.4, -0.2) is 309 Å². The van der Waals surface area contributed by atoms with Crippen LogP contribution in [0.2, 0.25) is 0 Å². The number of benzene rings is 5. The van der Waals surface area contributed by atoms with Gasteiger partial charge in [-0.2, -0.15) is 21.5 Å². The summed E-state index contributed by atoms with van der Waals surface area (Å²) in [6, 6.07) is 30.8. The molecule has 0 radical (unpaired) electrons. The number of nitrogens with zero attached hydrogens (tertiary/aromatic N) is 10. The molecule has 0 N–H and O–H groups in total. The molecule has 16 rings (SSSR count). The maximum Gasteiger partial charge on any atom is 0.245 e. The van der Waals surface area contributed by atoms with E-state index in [-0.39, 0.29) is 25.4 Å². The summed E-state index contributed by atoms with van der Waals surface area (Å²) >= 11 is 0. The standard InChI is InChI=1S/C17H23FN2O3S.C17H24N2O4S.C16H22N2O4S.C16H24N2O4S.C15H22N2O4S/c18-15-3-5-16(6-4-15)24(21,22)20-11-12-23-17(20)7-9-19(10-8-17)13-14-1-2-14;1-3-10-18-11-8-17(9-12-18)19(13-14-23-17)24(20,21)16-6-4-15(22-2)5-7-16;1-13(19)14-3-5-15(6-4-14)23(20,21)18-11-12-22-16(18)7-9-17(2)10-8-16;1-3-17-10-8-16(9-11-17)18(12-13-22-16)23(19,20)15-6-4-14(21-2)5-7-15;1-16-9-7-15(8-10-16)17(11-12-21-15)22(18,19)14-5-3-13(20-2)4-6-14/h3-6,14H,1-2,7-13H2;3-7H,1,8-14H2,2H3;3-6H,7-12H2,1-2H3;4-7H,3,8-13H2,1-2H3;3-6H,7-12H2,1-2H3. The number of halogens is 1. The molecule has 0 bridgehead atoms. The number of carbonyl (C=O) groups excluding carboxylic acids is 1. The molecule has 0 amide bonds. The molecule has 1 saturated carbocycles. The van der Waals surface area contributed by atoms with E-state index in [0.717, 1.165) is 104 Å². The van der Waals surface area contributed by atoms with Crippen LogP contribution < -0.4 is 14.2 Å². The average Bonchev–Trinajstić information content (AvgIpc) is 1.57. The summed E-state index contributed by atoms with van der Waals surface area (Å²) in [6.45, 7) is 22.8. The highest BCUT2D eigenvalue weighted by Crippen LogP contribution is 2.45. The third kappa shape index (κ3) is 19.6. The zero-order chi connectivity index (χ0) is 83.0. The minimum absolute atomic E-state index is 0.0785. The van der Waals surface area contributed by atoms with E-state index in [1.165, 1.54) is 64.8 Å². The van der Waals surface area contributed by atoms with Crippen LogP contribution >= 0.6 is 0 Å². The van der Waals surface area contributed by atoms with Gasteiger partial charge in [-0.25, -0.2) is 46.5 Å². The summed E-state index contributed by atoms with van der Waals surface area (Å²) in [5.74, 6) is 2.25. The quantitative estimate of drug-likeness (QED) is 0.0564. The van der Waals surface area contributed by atoms with Gasteiger partial charge >= 0.3 is 0 Å². The summed E-state index contributed by atoms with van der Waals surface area (Å²) < 4.78 is 196. The fourth-order valence-electron chi connectivity index (χ4n) is 17.2. The molecule has 35 heteroatoms. The molecule has 10 aliphatic heterocycles. The summed E-state index contributed by atoms with van der Waals surface area (Å²) in [6.07, 6.45) is 11.5. The van der Waals surface area contributed by atoms with Crippen LogP contribution in [0.5, 0.6) is 17.2 Å². The van der Waals surface area contributed by atoms with Gasteiger partial charge < -0.3 is 57.5 Å². The van der Waals surface area contributed by atoms with Crippen LogP contribution in [0, 0.1) is 11.7 Å². The Labute approximate surface area is 685 Å². The number of hydrogen-bond donors (Lipinski definition) is 0. The number of ether oxygens (including phenoxy) is 8. The van der Waals surface area contributed by atoms with E-state index >= 15 is 0 Å². The molecule has 0 aromatic heterocycles. The lowest BCUT2D eigenvalue weighted by molar-refractivity contribution is -0.0911. The fourth-order valence-corrected chi connectivity index (χ4v) is 25.8. The summed E-state index contributed by atoms with van der Waals surface area (Å²) in [5, 5.41) is 0. The first-order chi connectivity index (χ1) is 55.4. The number of hydrogen-bond acceptors (Lipinski definition) is 24. The molecule has 0 atom stereocenters. The number of likely N-dealkylation sites (tertiary alicyclic amines) is 5. The predicted octanol–water partition coefficient (Wildman–Crippen LogP) is 7.74. The van der Waals surface area contributed by atoms with Gasteiger partial charge in [-0.05, 0) is 156 Å². The number of methoxy groups -OCH3 is 3. The van der Waals surface area contributed by atoms with Crippen LogP contribution in [0.3, 0.4) is 0 Å². The minimum Gasteiger partial charge on any atom is -0.497 e. The highest BCUT2D eigenvalue weighted by molar-refractivity contribution is 7.90. The van der Waals surface area contributed by atoms with E-state index in [0.29, 0.717) is 145 Å². The van der Waals surface area contributed by atoms with Crippen LogP contribution in [0.25, 0.3) is 0 Å². The van der Waals surface area contributed by atoms with Crippen molar-refractivity contribution in [3.63, 3.8) is 0 Å². The van der Waals surface area contributed by atoms with Gasteiger partial charge in [-0.3, -0.25) is 9.69 Å². The van der Waals surface area contributed by atoms with E-state index in [1.54, 1.807) is 119 Å². The van der Waals surface area contributed by atoms with Crippen LogP contribution in [0.15, 0.2) is 158 Å². The van der Waals surface area contributed by atoms with Crippen molar-refractivity contribution < 1.29 is 89.2 Å². The number of sulfonamides is 5. The Morgan fingerprint density at radius 1 is 0.397 bits per heavy atom. The minimum atomic E-state index is -3.67. The molecule has 5 aromatic rings. The second kappa shape index (κ2) is 37.5. The smallest absolute Gasteiger partial charge is 0.245 e. The van der Waals surface area contributed by atoms with Crippen LogP contribution in [-0.2, 0) is 73.8 Å². The molecule has 1 aliphatic carbocycles. The predicted molar refractivity (Wildman–Crippen MR) is 434 cm³/mol. The maximum absolute atomic E-state index is 13.1. The molecule has 5 aromatic carbocycles. The first-order valence-corrected chi connectivity index (χ1v) is 47.3. The molecular weight excluding hydrogens is 1600 g/mol. The van der Waals surface area contributed by atoms with Crippen molar-refractivity contribution in [1.82, 2.24) is 46.0 Å². The molecule has 116 heavy (non-hydrogen) atoms. The van der Waals surface area contributed by atoms with Crippen LogP contribution in [0.1, 0.15) is 101 Å². The zero-order valence-corrected chi connectivity index (χ0v) is 71.9. The molecular formula is C81H115FN10O19S5. The first-order valence-electron chi connectivity index (χ1n) is 40.1. The Bertz CT molecular complexity index is 4710. The van der Waals surface area contributed by atoms with Crippen molar-refractivity contribution >= 4 is 55.9 Å². The Kier molecular flexibility index (Phi) is 28.9. The number of Topliss-reactive ketones (excluding diaryl/α,β-unsaturated/α-hetero) is 1. The average molecular weight is 1710 g/mol. The molecule has 0 unspecified atom stereocenters. The van der Waals surface area contributed by atoms with Gasteiger partial charge in [-0.15, -0.1) is 6.58 Å². The molecule has 10 heterocycles. The number of rotatable bonds is 19. The van der Waals surface area contributed by atoms with Gasteiger partial charge in [0.15, 0.2) is 5.78 Å². The Hall–Kier alpha value is -6.01. The van der Waals surface area contributed by atoms with Gasteiger partial charge in [-0.1, -0.05) is 25.1 Å². The zero-order valence-electron chi connectivity index (χ0n) is 67.8. The van der Waals surface area contributed by atoms with Crippen LogP contribution in [0.4, 0.5) is 4.39 Å². The second-order valence-electron chi connectivity index (χ2n) is 31.3. The van der Waals surface area contributed by atoms with E-state index in [4.69, 9.17) is 37.9 Å². The summed E-state index contributed by atoms with van der Waals surface area (Å²) in [4.78, 5) is 23.9. The highest BCUT2D eigenvalue weighted by atomic mass is 32.2. The van der Waals surface area contributed by atoms with Crippen molar-refractivity contribution in [2.45, 2.75) is 144 Å². The van der Waals surface area contributed by atoms with Gasteiger partial charge in [0.25, 0.3) is 0 Å². The Balaban J connectivity index is 0.000000134. The number of ketones is 1. The van der Waals surface area contributed by atoms with E-state index in [2.05, 4.69) is 38.0 Å². The normalized spacial score (nSPS) is 23.1. The second-order valence-corrected chi connectivity index (χ2v) is 40.6. The third-order valence-corrected chi connectivity index (χ3v) is 34.1. The number of carbonyl (C=O) groups is 1. The lowest BCUT2D eigenvalue weighted by Gasteiger charge is -2.42. The monoisotopic (exact) mass is 1710 g/mol. The SMILES string of the molecule is C=CCN1CCC2(CC1)OCCN2S(=O)(=O)c1ccc(OC)cc1.CC(=O)c1ccc(S(=O)(=O)N2CCOC23CCN(C)CC3)cc1.CCN1CCC2(CC1)OCCN2S(=O)(=O)c1ccc(OC)cc1.COc1ccc(S(=O)(=O)N2CCOC23CCN(C)CC3)cc1.O=S(=O)(c1ccc(F)cc1)N1CCOC12CCN(CC1CC1)CC2. The molecule has 640 valence electrons. The topological polar surface area (TPSA) is 294 Å². The lowest BCUT2D eigenvalue weighted by atomic mass is 10.0. The molecule has 5 spiro atoms. The molecule has 11 aliphatic rings. The number of piperidine rings is 5. The van der Waals surface area contributed by atoms with Gasteiger partial charge in [0, 0.05) is 181 Å². The third-order valence-electron chi connectivity index (χ3n) is 24.3. The van der Waals surface area contributed by atoms with Crippen molar-refractivity contribution in [3.05, 3.63) is 145 Å². The molecule has 29 nitrogen and oxygen atoms in total. The Morgan fingerprint density at radius 2 is 0.647 bits per heavy atom. The fraction of sp³-hybridized carbons (Fsp3) is 0.593. The summed E-state index contributed by atoms with van der Waals surface area (Å²) in [5.41, 5.74) is -3.00.